The number of hydrogen-bond donors (Lipinski definition) is 2. The van der Waals surface area contributed by atoms with Crippen LogP contribution < -0.4 is 5.32 Å². The number of carboxylic acids is 1. The zero-order valence-electron chi connectivity index (χ0n) is 11.0. The van der Waals surface area contributed by atoms with Crippen LogP contribution in [-0.4, -0.2) is 33.4 Å². The Balaban J connectivity index is 2.01. The highest BCUT2D eigenvalue weighted by atomic mass is 16.4. The minimum atomic E-state index is -0.734. The van der Waals surface area contributed by atoms with Crippen LogP contribution in [0.3, 0.4) is 0 Å². The number of likely N-dealkylation sites (N-methyl/N-ethyl adjacent to an activating group) is 1. The van der Waals surface area contributed by atoms with Crippen LogP contribution in [0.4, 0.5) is 0 Å². The Labute approximate surface area is 107 Å². The van der Waals surface area contributed by atoms with Crippen molar-refractivity contribution in [2.75, 3.05) is 7.05 Å². The van der Waals surface area contributed by atoms with Crippen molar-refractivity contribution in [3.63, 3.8) is 0 Å². The van der Waals surface area contributed by atoms with E-state index < -0.39 is 11.5 Å². The largest absolute Gasteiger partial charge is 0.480 e. The molecule has 1 aliphatic rings. The van der Waals surface area contributed by atoms with Crippen molar-refractivity contribution < 1.29 is 9.90 Å². The van der Waals surface area contributed by atoms with Crippen molar-refractivity contribution in [2.24, 2.45) is 5.92 Å². The lowest BCUT2D eigenvalue weighted by molar-refractivity contribution is -0.146. The maximum Gasteiger partial charge on any atom is 0.324 e. The molecule has 1 fully saturated rings. The number of nitrogens with one attached hydrogen (secondary N) is 1. The van der Waals surface area contributed by atoms with Gasteiger partial charge in [0.15, 0.2) is 0 Å². The third-order valence-corrected chi connectivity index (χ3v) is 4.13. The molecular weight excluding hydrogens is 230 g/mol. The van der Waals surface area contributed by atoms with E-state index in [1.54, 1.807) is 7.05 Å². The summed E-state index contributed by atoms with van der Waals surface area (Å²) in [5, 5.41) is 16.8. The average molecular weight is 251 g/mol. The fraction of sp³-hybridized carbons (Fsp3) is 0.692. The quantitative estimate of drug-likeness (QED) is 0.830. The lowest BCUT2D eigenvalue weighted by atomic mass is 9.85. The first-order chi connectivity index (χ1) is 8.58. The molecule has 1 aromatic rings. The monoisotopic (exact) mass is 251 g/mol. The molecule has 2 N–H and O–H groups in total. The van der Waals surface area contributed by atoms with E-state index in [0.717, 1.165) is 37.9 Å². The highest BCUT2D eigenvalue weighted by molar-refractivity contribution is 5.79. The average Bonchev–Trinajstić information content (AvgIpc) is 2.92. The van der Waals surface area contributed by atoms with Gasteiger partial charge in [-0.3, -0.25) is 9.48 Å². The van der Waals surface area contributed by atoms with Gasteiger partial charge in [0.2, 0.25) is 0 Å². The zero-order valence-corrected chi connectivity index (χ0v) is 11.0. The second-order valence-corrected chi connectivity index (χ2v) is 5.12. The molecule has 1 saturated carbocycles. The van der Waals surface area contributed by atoms with Gasteiger partial charge >= 0.3 is 5.97 Å². The van der Waals surface area contributed by atoms with Crippen LogP contribution in [0.15, 0.2) is 12.3 Å². The molecule has 1 heterocycles. The third kappa shape index (κ3) is 2.27. The summed E-state index contributed by atoms with van der Waals surface area (Å²) in [6, 6.07) is 1.97. The van der Waals surface area contributed by atoms with E-state index in [4.69, 9.17) is 0 Å². The molecule has 5 nitrogen and oxygen atoms in total. The first kappa shape index (κ1) is 13.1. The van der Waals surface area contributed by atoms with Crippen molar-refractivity contribution in [3.8, 4) is 0 Å². The van der Waals surface area contributed by atoms with Gasteiger partial charge in [-0.15, -0.1) is 0 Å². The topological polar surface area (TPSA) is 67.2 Å². The molecular formula is C13H21N3O2. The van der Waals surface area contributed by atoms with E-state index in [9.17, 15) is 9.90 Å². The van der Waals surface area contributed by atoms with Gasteiger partial charge in [-0.1, -0.05) is 6.42 Å². The molecule has 5 heteroatoms. The molecule has 2 atom stereocenters. The second kappa shape index (κ2) is 5.10. The molecule has 2 unspecified atom stereocenters. The maximum atomic E-state index is 11.5. The molecule has 0 bridgehead atoms. The second-order valence-electron chi connectivity index (χ2n) is 5.12. The zero-order chi connectivity index (χ0) is 13.2. The van der Waals surface area contributed by atoms with Gasteiger partial charge in [0.1, 0.15) is 5.54 Å². The third-order valence-electron chi connectivity index (χ3n) is 4.13. The summed E-state index contributed by atoms with van der Waals surface area (Å²) in [6.07, 6.45) is 5.49. The number of hydrogen-bond acceptors (Lipinski definition) is 3. The van der Waals surface area contributed by atoms with Gasteiger partial charge < -0.3 is 10.4 Å². The predicted molar refractivity (Wildman–Crippen MR) is 68.3 cm³/mol. The lowest BCUT2D eigenvalue weighted by Gasteiger charge is -2.31. The number of aryl methyl sites for hydroxylation is 2. The van der Waals surface area contributed by atoms with E-state index in [1.165, 1.54) is 0 Å². The molecule has 1 aromatic heterocycles. The summed E-state index contributed by atoms with van der Waals surface area (Å²) in [5.41, 5.74) is 0.266. The molecule has 0 aromatic carbocycles. The van der Waals surface area contributed by atoms with Crippen molar-refractivity contribution in [1.82, 2.24) is 15.1 Å². The summed E-state index contributed by atoms with van der Waals surface area (Å²) in [4.78, 5) is 11.5. The van der Waals surface area contributed by atoms with Gasteiger partial charge in [0.05, 0.1) is 5.69 Å². The van der Waals surface area contributed by atoms with Gasteiger partial charge in [-0.2, -0.15) is 5.10 Å². The lowest BCUT2D eigenvalue weighted by Crippen LogP contribution is -2.53. The number of carboxylic acid groups (broad SMARTS) is 1. The summed E-state index contributed by atoms with van der Waals surface area (Å²) in [5.74, 6) is -0.534. The molecule has 2 rings (SSSR count). The van der Waals surface area contributed by atoms with Crippen LogP contribution in [-0.2, 0) is 11.3 Å². The number of nitrogens with zero attached hydrogens (tertiary/aromatic N) is 2. The molecule has 1 aliphatic carbocycles. The Hall–Kier alpha value is -1.36. The summed E-state index contributed by atoms with van der Waals surface area (Å²) in [7, 11) is 1.75. The fourth-order valence-corrected chi connectivity index (χ4v) is 3.06. The van der Waals surface area contributed by atoms with Crippen molar-refractivity contribution >= 4 is 5.97 Å². The Kier molecular flexibility index (Phi) is 3.71. The Bertz CT molecular complexity index is 430. The summed E-state index contributed by atoms with van der Waals surface area (Å²) >= 11 is 0. The van der Waals surface area contributed by atoms with Crippen molar-refractivity contribution in [2.45, 2.75) is 44.7 Å². The smallest absolute Gasteiger partial charge is 0.324 e. The van der Waals surface area contributed by atoms with Crippen molar-refractivity contribution in [3.05, 3.63) is 18.0 Å². The van der Waals surface area contributed by atoms with Crippen molar-refractivity contribution in [1.29, 1.82) is 0 Å². The highest BCUT2D eigenvalue weighted by Crippen LogP contribution is 2.38. The van der Waals surface area contributed by atoms with E-state index >= 15 is 0 Å². The number of carbonyl (C=O) groups is 1. The van der Waals surface area contributed by atoms with Gasteiger partial charge in [-0.05, 0) is 45.2 Å². The first-order valence-corrected chi connectivity index (χ1v) is 6.51. The number of aliphatic carboxylic acids is 1. The molecule has 0 aliphatic heterocycles. The molecule has 100 valence electrons. The summed E-state index contributed by atoms with van der Waals surface area (Å²) < 4.78 is 1.90. The Morgan fingerprint density at radius 2 is 2.50 bits per heavy atom. The highest BCUT2D eigenvalue weighted by Gasteiger charge is 2.47. The van der Waals surface area contributed by atoms with E-state index in [2.05, 4.69) is 10.4 Å². The van der Waals surface area contributed by atoms with Crippen LogP contribution in [0.5, 0.6) is 0 Å². The standard InChI is InChI=1S/C13H21N3O2/c1-10-5-8-16(15-10)9-6-11-4-3-7-13(11,14-2)12(17)18/h5,8,11,14H,3-4,6-7,9H2,1-2H3,(H,17,18). The van der Waals surface area contributed by atoms with E-state index in [-0.39, 0.29) is 5.92 Å². The molecule has 0 amide bonds. The van der Waals surface area contributed by atoms with Crippen LogP contribution >= 0.6 is 0 Å². The van der Waals surface area contributed by atoms with Gasteiger partial charge in [0, 0.05) is 12.7 Å². The SMILES string of the molecule is CNC1(C(=O)O)CCCC1CCn1ccc(C)n1. The van der Waals surface area contributed by atoms with Crippen LogP contribution in [0.2, 0.25) is 0 Å². The molecule has 0 saturated heterocycles. The van der Waals surface area contributed by atoms with E-state index in [0.29, 0.717) is 0 Å². The minimum Gasteiger partial charge on any atom is -0.480 e. The van der Waals surface area contributed by atoms with Crippen LogP contribution in [0, 0.1) is 12.8 Å². The normalized spacial score (nSPS) is 27.6. The van der Waals surface area contributed by atoms with Crippen LogP contribution in [0.25, 0.3) is 0 Å². The van der Waals surface area contributed by atoms with Gasteiger partial charge in [0.25, 0.3) is 0 Å². The molecule has 0 radical (unpaired) electrons. The van der Waals surface area contributed by atoms with Gasteiger partial charge in [-0.25, -0.2) is 0 Å². The first-order valence-electron chi connectivity index (χ1n) is 6.51. The van der Waals surface area contributed by atoms with Crippen LogP contribution in [0.1, 0.15) is 31.4 Å². The Morgan fingerprint density at radius 1 is 1.72 bits per heavy atom. The minimum absolute atomic E-state index is 0.185. The summed E-state index contributed by atoms with van der Waals surface area (Å²) in [6.45, 7) is 2.75. The maximum absolute atomic E-state index is 11.5. The fourth-order valence-electron chi connectivity index (χ4n) is 3.06. The number of aromatic nitrogens is 2. The molecule has 0 spiro atoms. The Morgan fingerprint density at radius 3 is 3.06 bits per heavy atom. The molecule has 18 heavy (non-hydrogen) atoms. The van der Waals surface area contributed by atoms with E-state index in [1.807, 2.05) is 23.9 Å². The number of rotatable bonds is 5. The predicted octanol–water partition coefficient (Wildman–Crippen LogP) is 1.42.